The molecule has 0 unspecified atom stereocenters. The molecule has 1 amide bonds. The lowest BCUT2D eigenvalue weighted by atomic mass is 10.0. The Morgan fingerprint density at radius 1 is 1.27 bits per heavy atom. The van der Waals surface area contributed by atoms with Crippen LogP contribution in [0.5, 0.6) is 0 Å². The Balaban J connectivity index is 2.78. The van der Waals surface area contributed by atoms with Crippen LogP contribution in [0.4, 0.5) is 13.2 Å². The van der Waals surface area contributed by atoms with Crippen LogP contribution in [0.25, 0.3) is 0 Å². The van der Waals surface area contributed by atoms with Crippen molar-refractivity contribution in [2.45, 2.75) is 44.8 Å². The van der Waals surface area contributed by atoms with Crippen LogP contribution in [0.1, 0.15) is 37.3 Å². The van der Waals surface area contributed by atoms with Crippen LogP contribution < -0.4 is 5.32 Å². The van der Waals surface area contributed by atoms with Crippen molar-refractivity contribution in [1.82, 2.24) is 5.32 Å². The number of hydrogen-bond acceptors (Lipinski definition) is 2. The fourth-order valence-corrected chi connectivity index (χ4v) is 2.03. The third kappa shape index (κ3) is 5.38. The molecule has 0 aliphatic carbocycles. The van der Waals surface area contributed by atoms with Gasteiger partial charge in [0.25, 0.3) is 0 Å². The van der Waals surface area contributed by atoms with E-state index in [1.165, 1.54) is 18.2 Å². The Hall–Kier alpha value is -2.05. The number of hydrogen-bond donors (Lipinski definition) is 2. The van der Waals surface area contributed by atoms with Gasteiger partial charge in [0.1, 0.15) is 6.04 Å². The molecule has 2 N–H and O–H groups in total. The number of rotatable bonds is 7. The van der Waals surface area contributed by atoms with Gasteiger partial charge in [0.15, 0.2) is 0 Å². The molecule has 0 saturated heterocycles. The van der Waals surface area contributed by atoms with E-state index in [9.17, 15) is 22.8 Å². The minimum Gasteiger partial charge on any atom is -0.480 e. The zero-order valence-electron chi connectivity index (χ0n) is 12.1. The molecule has 4 nitrogen and oxygen atoms in total. The molecule has 7 heteroatoms. The Bertz CT molecular complexity index is 529. The van der Waals surface area contributed by atoms with Crippen molar-refractivity contribution in [3.05, 3.63) is 35.4 Å². The molecule has 1 aromatic rings. The number of unbranched alkanes of at least 4 members (excludes halogenated alkanes) is 1. The summed E-state index contributed by atoms with van der Waals surface area (Å²) in [6.07, 6.45) is -3.44. The fraction of sp³-hybridized carbons (Fsp3) is 0.467. The number of benzene rings is 1. The zero-order chi connectivity index (χ0) is 16.8. The van der Waals surface area contributed by atoms with Gasteiger partial charge < -0.3 is 10.4 Å². The zero-order valence-corrected chi connectivity index (χ0v) is 12.1. The highest BCUT2D eigenvalue weighted by Gasteiger charge is 2.33. The number of carbonyl (C=O) groups is 2. The summed E-state index contributed by atoms with van der Waals surface area (Å²) >= 11 is 0. The predicted octanol–water partition coefficient (Wildman–Crippen LogP) is 3.01. The molecule has 1 rings (SSSR count). The molecule has 0 spiro atoms. The Kier molecular flexibility index (Phi) is 6.39. The Labute approximate surface area is 126 Å². The first kappa shape index (κ1) is 18.0. The highest BCUT2D eigenvalue weighted by atomic mass is 19.4. The maximum Gasteiger partial charge on any atom is 0.416 e. The van der Waals surface area contributed by atoms with E-state index in [1.54, 1.807) is 0 Å². The molecule has 0 heterocycles. The molecule has 0 aliphatic heterocycles. The summed E-state index contributed by atoms with van der Waals surface area (Å²) in [5.41, 5.74) is -1.06. The number of carboxylic acid groups (broad SMARTS) is 1. The van der Waals surface area contributed by atoms with Gasteiger partial charge in [-0.2, -0.15) is 13.2 Å². The van der Waals surface area contributed by atoms with Crippen LogP contribution in [0, 0.1) is 0 Å². The average molecular weight is 317 g/mol. The van der Waals surface area contributed by atoms with Gasteiger partial charge in [-0.15, -0.1) is 0 Å². The van der Waals surface area contributed by atoms with Gasteiger partial charge in [-0.1, -0.05) is 38.0 Å². The molecule has 1 aromatic carbocycles. The van der Waals surface area contributed by atoms with Gasteiger partial charge in [0.2, 0.25) is 5.91 Å². The third-order valence-electron chi connectivity index (χ3n) is 3.15. The predicted molar refractivity (Wildman–Crippen MR) is 74.2 cm³/mol. The monoisotopic (exact) mass is 317 g/mol. The van der Waals surface area contributed by atoms with Crippen molar-refractivity contribution >= 4 is 11.9 Å². The van der Waals surface area contributed by atoms with E-state index in [2.05, 4.69) is 5.32 Å². The topological polar surface area (TPSA) is 66.4 Å². The van der Waals surface area contributed by atoms with E-state index in [-0.39, 0.29) is 12.0 Å². The van der Waals surface area contributed by atoms with Crippen LogP contribution in [0.2, 0.25) is 0 Å². The van der Waals surface area contributed by atoms with E-state index in [0.717, 1.165) is 12.5 Å². The van der Waals surface area contributed by atoms with Crippen LogP contribution in [-0.2, 0) is 22.2 Å². The molecular weight excluding hydrogens is 299 g/mol. The molecule has 0 saturated carbocycles. The van der Waals surface area contributed by atoms with Crippen molar-refractivity contribution in [2.24, 2.45) is 0 Å². The standard InChI is InChI=1S/C15H18F3NO3/c1-2-3-8-12(14(21)22)19-13(20)9-10-6-4-5-7-11(10)15(16,17)18/h4-7,12H,2-3,8-9H2,1H3,(H,19,20)(H,21,22)/t12-/m0/s1. The Morgan fingerprint density at radius 2 is 1.91 bits per heavy atom. The second-order valence-corrected chi connectivity index (χ2v) is 4.93. The van der Waals surface area contributed by atoms with Crippen molar-refractivity contribution in [2.75, 3.05) is 0 Å². The van der Waals surface area contributed by atoms with Crippen LogP contribution >= 0.6 is 0 Å². The number of alkyl halides is 3. The first-order valence-electron chi connectivity index (χ1n) is 6.93. The Morgan fingerprint density at radius 3 is 2.45 bits per heavy atom. The van der Waals surface area contributed by atoms with Gasteiger partial charge >= 0.3 is 12.1 Å². The van der Waals surface area contributed by atoms with E-state index in [1.807, 2.05) is 6.92 Å². The highest BCUT2D eigenvalue weighted by Crippen LogP contribution is 2.31. The van der Waals surface area contributed by atoms with Gasteiger partial charge in [-0.05, 0) is 18.1 Å². The first-order valence-corrected chi connectivity index (χ1v) is 6.93. The van der Waals surface area contributed by atoms with Crippen LogP contribution in [0.15, 0.2) is 24.3 Å². The average Bonchev–Trinajstić information content (AvgIpc) is 2.42. The molecule has 22 heavy (non-hydrogen) atoms. The number of carbonyl (C=O) groups excluding carboxylic acids is 1. The van der Waals surface area contributed by atoms with Crippen LogP contribution in [-0.4, -0.2) is 23.0 Å². The number of nitrogens with one attached hydrogen (secondary N) is 1. The van der Waals surface area contributed by atoms with Crippen molar-refractivity contribution < 1.29 is 27.9 Å². The van der Waals surface area contributed by atoms with Gasteiger partial charge in [0.05, 0.1) is 12.0 Å². The lowest BCUT2D eigenvalue weighted by Crippen LogP contribution is -2.41. The molecule has 0 aromatic heterocycles. The molecule has 122 valence electrons. The molecule has 0 bridgehead atoms. The van der Waals surface area contributed by atoms with E-state index < -0.39 is 36.1 Å². The first-order chi connectivity index (χ1) is 10.3. The number of halogens is 3. The highest BCUT2D eigenvalue weighted by molar-refractivity contribution is 5.85. The molecule has 0 fully saturated rings. The summed E-state index contributed by atoms with van der Waals surface area (Å²) in [7, 11) is 0. The summed E-state index contributed by atoms with van der Waals surface area (Å²) in [6.45, 7) is 1.88. The minimum absolute atomic E-state index is 0.174. The van der Waals surface area contributed by atoms with E-state index >= 15 is 0 Å². The largest absolute Gasteiger partial charge is 0.480 e. The van der Waals surface area contributed by atoms with Crippen LogP contribution in [0.3, 0.4) is 0 Å². The SMILES string of the molecule is CCCC[C@H](NC(=O)Cc1ccccc1C(F)(F)F)C(=O)O. The second kappa shape index (κ2) is 7.82. The minimum atomic E-state index is -4.55. The number of amides is 1. The lowest BCUT2D eigenvalue weighted by Gasteiger charge is -2.16. The van der Waals surface area contributed by atoms with Gasteiger partial charge in [-0.3, -0.25) is 4.79 Å². The van der Waals surface area contributed by atoms with Crippen molar-refractivity contribution in [3.8, 4) is 0 Å². The molecule has 0 aliphatic rings. The molecule has 0 radical (unpaired) electrons. The van der Waals surface area contributed by atoms with E-state index in [4.69, 9.17) is 5.11 Å². The quantitative estimate of drug-likeness (QED) is 0.812. The van der Waals surface area contributed by atoms with Gasteiger partial charge in [0, 0.05) is 0 Å². The number of aliphatic carboxylic acids is 1. The summed E-state index contributed by atoms with van der Waals surface area (Å²) in [5, 5.41) is 11.3. The maximum atomic E-state index is 12.8. The summed E-state index contributed by atoms with van der Waals surface area (Å²) in [4.78, 5) is 22.9. The second-order valence-electron chi connectivity index (χ2n) is 4.93. The van der Waals surface area contributed by atoms with Crippen molar-refractivity contribution in [3.63, 3.8) is 0 Å². The van der Waals surface area contributed by atoms with Gasteiger partial charge in [-0.25, -0.2) is 4.79 Å². The molecular formula is C15H18F3NO3. The van der Waals surface area contributed by atoms with Crippen molar-refractivity contribution in [1.29, 1.82) is 0 Å². The summed E-state index contributed by atoms with van der Waals surface area (Å²) < 4.78 is 38.5. The number of carboxylic acids is 1. The summed E-state index contributed by atoms with van der Waals surface area (Å²) in [5.74, 6) is -1.92. The summed E-state index contributed by atoms with van der Waals surface area (Å²) in [6, 6.07) is 3.68. The third-order valence-corrected chi connectivity index (χ3v) is 3.15. The fourth-order valence-electron chi connectivity index (χ4n) is 2.03. The van der Waals surface area contributed by atoms with E-state index in [0.29, 0.717) is 6.42 Å². The maximum absolute atomic E-state index is 12.8. The normalized spacial score (nSPS) is 12.7. The smallest absolute Gasteiger partial charge is 0.416 e. The lowest BCUT2D eigenvalue weighted by molar-refractivity contribution is -0.142. The molecule has 1 atom stereocenters.